The van der Waals surface area contributed by atoms with E-state index in [1.165, 1.54) is 10.6 Å². The van der Waals surface area contributed by atoms with Crippen molar-refractivity contribution in [2.24, 2.45) is 4.99 Å². The molecule has 1 N–H and O–H groups in total. The minimum absolute atomic E-state index is 0.476. The lowest BCUT2D eigenvalue weighted by Gasteiger charge is -2.37. The van der Waals surface area contributed by atoms with Crippen molar-refractivity contribution in [2.75, 3.05) is 51.3 Å². The van der Waals surface area contributed by atoms with Crippen LogP contribution in [0.1, 0.15) is 17.9 Å². The zero-order chi connectivity index (χ0) is 17.8. The number of fused-ring (bicyclic) bond motifs is 1. The molecule has 1 atom stereocenters. The van der Waals surface area contributed by atoms with Crippen LogP contribution in [-0.4, -0.2) is 57.2 Å². The smallest absolute Gasteiger partial charge is 0.193 e. The lowest BCUT2D eigenvalue weighted by atomic mass is 9.93. The van der Waals surface area contributed by atoms with Crippen LogP contribution in [0.3, 0.4) is 0 Å². The fraction of sp³-hybridized carbons (Fsp3) is 0.450. The van der Waals surface area contributed by atoms with Crippen molar-refractivity contribution in [1.29, 1.82) is 0 Å². The number of guanidine groups is 1. The average molecular weight is 371 g/mol. The molecule has 5 nitrogen and oxygen atoms in total. The minimum Gasteiger partial charge on any atom is -0.493 e. The van der Waals surface area contributed by atoms with Gasteiger partial charge in [-0.2, -0.15) is 0 Å². The molecule has 1 saturated heterocycles. The van der Waals surface area contributed by atoms with E-state index in [9.17, 15) is 0 Å². The number of hydrogen-bond acceptors (Lipinski definition) is 4. The Hall–Kier alpha value is -2.21. The SMILES string of the molecule is CN=C(NCC1CCOc2ccccc21)N1CCN(c2cccs2)CC1. The second-order valence-corrected chi connectivity index (χ2v) is 7.65. The quantitative estimate of drug-likeness (QED) is 0.666. The molecule has 0 bridgehead atoms. The molecule has 0 saturated carbocycles. The molecule has 1 aromatic carbocycles. The number of nitrogens with one attached hydrogen (secondary N) is 1. The maximum atomic E-state index is 5.78. The monoisotopic (exact) mass is 370 g/mol. The third kappa shape index (κ3) is 3.65. The Kier molecular flexibility index (Phi) is 5.29. The van der Waals surface area contributed by atoms with Crippen molar-refractivity contribution in [1.82, 2.24) is 10.2 Å². The van der Waals surface area contributed by atoms with E-state index in [4.69, 9.17) is 4.74 Å². The summed E-state index contributed by atoms with van der Waals surface area (Å²) < 4.78 is 5.78. The fourth-order valence-corrected chi connectivity index (χ4v) is 4.55. The highest BCUT2D eigenvalue weighted by Crippen LogP contribution is 2.32. The Balaban J connectivity index is 1.33. The molecule has 2 aromatic rings. The maximum absolute atomic E-state index is 5.78. The van der Waals surface area contributed by atoms with Crippen molar-refractivity contribution in [3.05, 3.63) is 47.3 Å². The minimum atomic E-state index is 0.476. The van der Waals surface area contributed by atoms with Gasteiger partial charge in [-0.05, 0) is 35.6 Å². The van der Waals surface area contributed by atoms with Crippen LogP contribution >= 0.6 is 11.3 Å². The summed E-state index contributed by atoms with van der Waals surface area (Å²) in [6, 6.07) is 12.7. The number of nitrogens with zero attached hydrogens (tertiary/aromatic N) is 3. The molecule has 6 heteroatoms. The van der Waals surface area contributed by atoms with Crippen LogP contribution in [0.15, 0.2) is 46.8 Å². The summed E-state index contributed by atoms with van der Waals surface area (Å²) in [5.74, 6) is 2.52. The van der Waals surface area contributed by atoms with Gasteiger partial charge in [0.05, 0.1) is 11.6 Å². The van der Waals surface area contributed by atoms with Gasteiger partial charge in [0.1, 0.15) is 5.75 Å². The summed E-state index contributed by atoms with van der Waals surface area (Å²) in [5.41, 5.74) is 1.31. The zero-order valence-corrected chi connectivity index (χ0v) is 16.0. The molecule has 0 amide bonds. The first-order chi connectivity index (χ1) is 12.8. The molecular weight excluding hydrogens is 344 g/mol. The van der Waals surface area contributed by atoms with Crippen LogP contribution in [-0.2, 0) is 0 Å². The van der Waals surface area contributed by atoms with E-state index in [1.54, 1.807) is 0 Å². The number of para-hydroxylation sites is 1. The summed E-state index contributed by atoms with van der Waals surface area (Å²) in [6.07, 6.45) is 1.05. The molecular formula is C20H26N4OS. The van der Waals surface area contributed by atoms with E-state index in [2.05, 4.69) is 55.8 Å². The second kappa shape index (κ2) is 7.99. The summed E-state index contributed by atoms with van der Waals surface area (Å²) in [6.45, 7) is 5.78. The summed E-state index contributed by atoms with van der Waals surface area (Å²) in [7, 11) is 1.88. The summed E-state index contributed by atoms with van der Waals surface area (Å²) in [5, 5.41) is 7.12. The Labute approximate surface area is 159 Å². The lowest BCUT2D eigenvalue weighted by molar-refractivity contribution is 0.266. The third-order valence-electron chi connectivity index (χ3n) is 5.20. The Morgan fingerprint density at radius 3 is 2.81 bits per heavy atom. The number of aliphatic imine (C=N–C) groups is 1. The Bertz CT molecular complexity index is 738. The predicted octanol–water partition coefficient (Wildman–Crippen LogP) is 3.01. The van der Waals surface area contributed by atoms with Crippen LogP contribution in [0, 0.1) is 0 Å². The number of ether oxygens (including phenoxy) is 1. The molecule has 2 aliphatic rings. The zero-order valence-electron chi connectivity index (χ0n) is 15.2. The first-order valence-electron chi connectivity index (χ1n) is 9.31. The van der Waals surface area contributed by atoms with Crippen LogP contribution in [0.5, 0.6) is 5.75 Å². The molecule has 0 spiro atoms. The maximum Gasteiger partial charge on any atom is 0.193 e. The normalized spacial score (nSPS) is 20.5. The molecule has 4 rings (SSSR count). The third-order valence-corrected chi connectivity index (χ3v) is 6.13. The van der Waals surface area contributed by atoms with Gasteiger partial charge in [0.15, 0.2) is 5.96 Å². The molecule has 2 aliphatic heterocycles. The van der Waals surface area contributed by atoms with Crippen molar-refractivity contribution >= 4 is 22.3 Å². The molecule has 1 unspecified atom stereocenters. The first-order valence-corrected chi connectivity index (χ1v) is 10.2. The summed E-state index contributed by atoms with van der Waals surface area (Å²) >= 11 is 1.82. The van der Waals surface area contributed by atoms with E-state index >= 15 is 0 Å². The Morgan fingerprint density at radius 2 is 2.04 bits per heavy atom. The molecule has 26 heavy (non-hydrogen) atoms. The van der Waals surface area contributed by atoms with Crippen LogP contribution in [0.25, 0.3) is 0 Å². The van der Waals surface area contributed by atoms with Gasteiger partial charge in [-0.25, -0.2) is 0 Å². The molecule has 1 fully saturated rings. The average Bonchev–Trinajstić information content (AvgIpc) is 3.24. The standard InChI is InChI=1S/C20H26N4OS/c1-21-20(24-11-9-23(10-12-24)19-7-4-14-26-19)22-15-16-8-13-25-18-6-3-2-5-17(16)18/h2-7,14,16H,8-13,15H2,1H3,(H,21,22). The fourth-order valence-electron chi connectivity index (χ4n) is 3.76. The van der Waals surface area contributed by atoms with E-state index in [0.717, 1.165) is 57.5 Å². The van der Waals surface area contributed by atoms with Crippen LogP contribution in [0.2, 0.25) is 0 Å². The molecule has 138 valence electrons. The van der Waals surface area contributed by atoms with Crippen molar-refractivity contribution in [2.45, 2.75) is 12.3 Å². The van der Waals surface area contributed by atoms with E-state index in [1.807, 2.05) is 24.5 Å². The number of rotatable bonds is 3. The highest BCUT2D eigenvalue weighted by molar-refractivity contribution is 7.14. The van der Waals surface area contributed by atoms with Gasteiger partial charge in [-0.15, -0.1) is 11.3 Å². The van der Waals surface area contributed by atoms with Crippen LogP contribution < -0.4 is 15.0 Å². The molecule has 1 aromatic heterocycles. The van der Waals surface area contributed by atoms with Crippen molar-refractivity contribution in [3.8, 4) is 5.75 Å². The van der Waals surface area contributed by atoms with Gasteiger partial charge in [-0.1, -0.05) is 18.2 Å². The van der Waals surface area contributed by atoms with Gasteiger partial charge < -0.3 is 19.9 Å². The van der Waals surface area contributed by atoms with E-state index in [-0.39, 0.29) is 0 Å². The van der Waals surface area contributed by atoms with Crippen molar-refractivity contribution in [3.63, 3.8) is 0 Å². The van der Waals surface area contributed by atoms with Gasteiger partial charge >= 0.3 is 0 Å². The second-order valence-electron chi connectivity index (χ2n) is 6.73. The van der Waals surface area contributed by atoms with Gasteiger partial charge in [0, 0.05) is 45.7 Å². The number of thiophene rings is 1. The predicted molar refractivity (Wildman–Crippen MR) is 109 cm³/mol. The molecule has 0 aliphatic carbocycles. The number of anilines is 1. The highest BCUT2D eigenvalue weighted by atomic mass is 32.1. The summed E-state index contributed by atoms with van der Waals surface area (Å²) in [4.78, 5) is 9.36. The van der Waals surface area contributed by atoms with Crippen LogP contribution in [0.4, 0.5) is 5.00 Å². The van der Waals surface area contributed by atoms with E-state index in [0.29, 0.717) is 5.92 Å². The first kappa shape index (κ1) is 17.2. The van der Waals surface area contributed by atoms with Gasteiger partial charge in [0.25, 0.3) is 0 Å². The molecule has 3 heterocycles. The largest absolute Gasteiger partial charge is 0.493 e. The van der Waals surface area contributed by atoms with Crippen molar-refractivity contribution < 1.29 is 4.74 Å². The molecule has 0 radical (unpaired) electrons. The highest BCUT2D eigenvalue weighted by Gasteiger charge is 2.24. The van der Waals surface area contributed by atoms with Gasteiger partial charge in [0.2, 0.25) is 0 Å². The number of piperazine rings is 1. The number of hydrogen-bond donors (Lipinski definition) is 1. The Morgan fingerprint density at radius 1 is 1.19 bits per heavy atom. The number of benzene rings is 1. The topological polar surface area (TPSA) is 40.1 Å². The lowest BCUT2D eigenvalue weighted by Crippen LogP contribution is -2.53. The van der Waals surface area contributed by atoms with Gasteiger partial charge in [-0.3, -0.25) is 4.99 Å². The van der Waals surface area contributed by atoms with E-state index < -0.39 is 0 Å².